The van der Waals surface area contributed by atoms with E-state index in [2.05, 4.69) is 15.5 Å². The molecule has 0 atom stereocenters. The topological polar surface area (TPSA) is 80.9 Å². The number of nitrogens with one attached hydrogen (secondary N) is 1. The maximum absolute atomic E-state index is 10.2. The molecule has 6 heteroatoms. The first-order valence-corrected chi connectivity index (χ1v) is 3.45. The van der Waals surface area contributed by atoms with Gasteiger partial charge in [0.15, 0.2) is 0 Å². The fourth-order valence-electron chi connectivity index (χ4n) is 0.413. The summed E-state index contributed by atoms with van der Waals surface area (Å²) in [6, 6.07) is 0. The Labute approximate surface area is 61.3 Å². The van der Waals surface area contributed by atoms with Crippen molar-refractivity contribution in [1.82, 2.24) is 10.2 Å². The lowest BCUT2D eigenvalue weighted by atomic mass is 10.6. The molecule has 1 rings (SSSR count). The van der Waals surface area contributed by atoms with Crippen LogP contribution in [0.4, 0.5) is 5.13 Å². The Morgan fingerprint density at radius 3 is 3.20 bits per heavy atom. The first kappa shape index (κ1) is 6.94. The number of amides is 1. The summed E-state index contributed by atoms with van der Waals surface area (Å²) >= 11 is 1.32. The lowest BCUT2D eigenvalue weighted by molar-refractivity contribution is -0.116. The number of primary amides is 1. The van der Waals surface area contributed by atoms with E-state index in [0.29, 0.717) is 5.13 Å². The van der Waals surface area contributed by atoms with Gasteiger partial charge >= 0.3 is 0 Å². The largest absolute Gasteiger partial charge is 0.368 e. The highest BCUT2D eigenvalue weighted by Gasteiger charge is 1.95. The number of carbonyl (C=O) groups excluding carboxylic acids is 1. The highest BCUT2D eigenvalue weighted by Crippen LogP contribution is 2.06. The van der Waals surface area contributed by atoms with Crippen molar-refractivity contribution >= 4 is 22.4 Å². The molecule has 0 aliphatic heterocycles. The van der Waals surface area contributed by atoms with Gasteiger partial charge in [0, 0.05) is 0 Å². The molecule has 0 aromatic carbocycles. The van der Waals surface area contributed by atoms with E-state index in [1.165, 1.54) is 11.3 Å². The van der Waals surface area contributed by atoms with Crippen molar-refractivity contribution in [2.24, 2.45) is 5.73 Å². The molecule has 0 saturated carbocycles. The fourth-order valence-corrected chi connectivity index (χ4v) is 0.857. The van der Waals surface area contributed by atoms with Crippen molar-refractivity contribution in [1.29, 1.82) is 0 Å². The van der Waals surface area contributed by atoms with Crippen LogP contribution in [0, 0.1) is 0 Å². The third-order valence-corrected chi connectivity index (χ3v) is 1.42. The first-order valence-electron chi connectivity index (χ1n) is 2.57. The van der Waals surface area contributed by atoms with Crippen LogP contribution >= 0.6 is 11.3 Å². The third-order valence-electron chi connectivity index (χ3n) is 0.774. The second-order valence-electron chi connectivity index (χ2n) is 1.56. The van der Waals surface area contributed by atoms with E-state index in [9.17, 15) is 4.79 Å². The van der Waals surface area contributed by atoms with Gasteiger partial charge in [-0.3, -0.25) is 4.79 Å². The Bertz CT molecular complexity index is 209. The van der Waals surface area contributed by atoms with Crippen molar-refractivity contribution in [2.45, 2.75) is 0 Å². The van der Waals surface area contributed by atoms with Gasteiger partial charge in [-0.1, -0.05) is 11.3 Å². The van der Waals surface area contributed by atoms with Crippen molar-refractivity contribution in [3.05, 3.63) is 5.51 Å². The SMILES string of the molecule is NC(=O)CNc1nncs1. The average Bonchev–Trinajstić information content (AvgIpc) is 2.34. The summed E-state index contributed by atoms with van der Waals surface area (Å²) in [6.07, 6.45) is 0. The molecule has 3 N–H and O–H groups in total. The van der Waals surface area contributed by atoms with Crippen LogP contribution in [0.25, 0.3) is 0 Å². The number of hydrogen-bond acceptors (Lipinski definition) is 5. The Morgan fingerprint density at radius 1 is 1.90 bits per heavy atom. The van der Waals surface area contributed by atoms with E-state index in [1.807, 2.05) is 0 Å². The Morgan fingerprint density at radius 2 is 2.70 bits per heavy atom. The highest BCUT2D eigenvalue weighted by molar-refractivity contribution is 7.13. The van der Waals surface area contributed by atoms with Crippen LogP contribution in [0.1, 0.15) is 0 Å². The van der Waals surface area contributed by atoms with Gasteiger partial charge in [-0.05, 0) is 0 Å². The minimum atomic E-state index is -0.407. The molecule has 0 bridgehead atoms. The molecule has 0 aliphatic carbocycles. The van der Waals surface area contributed by atoms with Gasteiger partial charge in [0.25, 0.3) is 0 Å². The molecule has 0 saturated heterocycles. The normalized spacial score (nSPS) is 9.20. The van der Waals surface area contributed by atoms with Gasteiger partial charge in [0.1, 0.15) is 5.51 Å². The molecule has 1 heterocycles. The maximum atomic E-state index is 10.2. The summed E-state index contributed by atoms with van der Waals surface area (Å²) in [4.78, 5) is 10.2. The Balaban J connectivity index is 2.35. The molecule has 0 spiro atoms. The maximum Gasteiger partial charge on any atom is 0.236 e. The summed E-state index contributed by atoms with van der Waals surface area (Å²) in [5.74, 6) is -0.407. The van der Waals surface area contributed by atoms with Crippen molar-refractivity contribution in [3.8, 4) is 0 Å². The molecule has 0 aliphatic rings. The van der Waals surface area contributed by atoms with Gasteiger partial charge in [-0.2, -0.15) is 0 Å². The van der Waals surface area contributed by atoms with Gasteiger partial charge in [-0.25, -0.2) is 0 Å². The standard InChI is InChI=1S/C4H6N4OS/c5-3(9)1-6-4-8-7-2-10-4/h2H,1H2,(H2,5,9)(H,6,8). The zero-order valence-electron chi connectivity index (χ0n) is 5.07. The van der Waals surface area contributed by atoms with Gasteiger partial charge in [0.2, 0.25) is 11.0 Å². The first-order chi connectivity index (χ1) is 4.79. The lowest BCUT2D eigenvalue weighted by Gasteiger charge is -1.94. The van der Waals surface area contributed by atoms with Crippen molar-refractivity contribution in [2.75, 3.05) is 11.9 Å². The number of nitrogens with two attached hydrogens (primary N) is 1. The molecular weight excluding hydrogens is 152 g/mol. The van der Waals surface area contributed by atoms with Gasteiger partial charge in [-0.15, -0.1) is 10.2 Å². The lowest BCUT2D eigenvalue weighted by Crippen LogP contribution is -2.21. The summed E-state index contributed by atoms with van der Waals surface area (Å²) in [5, 5.41) is 10.5. The van der Waals surface area contributed by atoms with Crippen molar-refractivity contribution in [3.63, 3.8) is 0 Å². The quantitative estimate of drug-likeness (QED) is 0.617. The molecule has 5 nitrogen and oxygen atoms in total. The van der Waals surface area contributed by atoms with Crippen molar-refractivity contribution < 1.29 is 4.79 Å². The predicted octanol–water partition coefficient (Wildman–Crippen LogP) is -0.565. The number of carbonyl (C=O) groups is 1. The van der Waals surface area contributed by atoms with E-state index in [1.54, 1.807) is 5.51 Å². The van der Waals surface area contributed by atoms with Crippen LogP contribution in [0.5, 0.6) is 0 Å². The molecule has 0 fully saturated rings. The predicted molar refractivity (Wildman–Crippen MR) is 37.6 cm³/mol. The molecule has 1 aromatic heterocycles. The van der Waals surface area contributed by atoms with Gasteiger partial charge in [0.05, 0.1) is 6.54 Å². The number of hydrogen-bond donors (Lipinski definition) is 2. The zero-order chi connectivity index (χ0) is 7.40. The minimum Gasteiger partial charge on any atom is -0.368 e. The smallest absolute Gasteiger partial charge is 0.236 e. The number of aromatic nitrogens is 2. The average molecular weight is 158 g/mol. The Hall–Kier alpha value is -1.17. The van der Waals surface area contributed by atoms with E-state index in [-0.39, 0.29) is 6.54 Å². The molecule has 1 aromatic rings. The number of anilines is 1. The third kappa shape index (κ3) is 1.98. The molecule has 54 valence electrons. The number of nitrogens with zero attached hydrogens (tertiary/aromatic N) is 2. The second kappa shape index (κ2) is 3.11. The zero-order valence-corrected chi connectivity index (χ0v) is 5.89. The van der Waals surface area contributed by atoms with E-state index >= 15 is 0 Å². The van der Waals surface area contributed by atoms with Crippen LogP contribution in [-0.4, -0.2) is 22.6 Å². The van der Waals surface area contributed by atoms with Crippen LogP contribution in [0.2, 0.25) is 0 Å². The molecule has 0 unspecified atom stereocenters. The molecular formula is C4H6N4OS. The summed E-state index contributed by atoms with van der Waals surface area (Å²) in [5.41, 5.74) is 6.44. The van der Waals surface area contributed by atoms with E-state index in [4.69, 9.17) is 5.73 Å². The van der Waals surface area contributed by atoms with E-state index < -0.39 is 5.91 Å². The summed E-state index contributed by atoms with van der Waals surface area (Å²) < 4.78 is 0. The monoisotopic (exact) mass is 158 g/mol. The van der Waals surface area contributed by atoms with E-state index in [0.717, 1.165) is 0 Å². The summed E-state index contributed by atoms with van der Waals surface area (Å²) in [6.45, 7) is 0.106. The van der Waals surface area contributed by atoms with Crippen LogP contribution in [0.15, 0.2) is 5.51 Å². The highest BCUT2D eigenvalue weighted by atomic mass is 32.1. The van der Waals surface area contributed by atoms with Crippen LogP contribution in [0.3, 0.4) is 0 Å². The fraction of sp³-hybridized carbons (Fsp3) is 0.250. The molecule has 1 amide bonds. The molecule has 0 radical (unpaired) electrons. The second-order valence-corrected chi connectivity index (χ2v) is 2.40. The Kier molecular flexibility index (Phi) is 2.16. The minimum absolute atomic E-state index is 0.106. The van der Waals surface area contributed by atoms with Crippen LogP contribution < -0.4 is 11.1 Å². The molecule has 10 heavy (non-hydrogen) atoms. The van der Waals surface area contributed by atoms with Crippen LogP contribution in [-0.2, 0) is 4.79 Å². The van der Waals surface area contributed by atoms with Gasteiger partial charge < -0.3 is 11.1 Å². The summed E-state index contributed by atoms with van der Waals surface area (Å²) in [7, 11) is 0. The number of rotatable bonds is 3.